The highest BCUT2D eigenvalue weighted by molar-refractivity contribution is 5.00. The van der Waals surface area contributed by atoms with Crippen LogP contribution in [0.5, 0.6) is 0 Å². The summed E-state index contributed by atoms with van der Waals surface area (Å²) >= 11 is 0. The summed E-state index contributed by atoms with van der Waals surface area (Å²) in [4.78, 5) is 4.66. The average Bonchev–Trinajstić information content (AvgIpc) is 2.93. The Bertz CT molecular complexity index is 363. The highest BCUT2D eigenvalue weighted by Gasteiger charge is 2.41. The van der Waals surface area contributed by atoms with Crippen molar-refractivity contribution in [3.8, 4) is 0 Å². The third-order valence-corrected chi connectivity index (χ3v) is 3.92. The molecule has 18 heavy (non-hydrogen) atoms. The molecule has 100 valence electrons. The lowest BCUT2D eigenvalue weighted by Crippen LogP contribution is -2.29. The number of hydrogen-bond donors (Lipinski definition) is 0. The Morgan fingerprint density at radius 3 is 2.94 bits per heavy atom. The average molecular weight is 250 g/mol. The number of hydrogen-bond acceptors (Lipinski definition) is 4. The monoisotopic (exact) mass is 250 g/mol. The van der Waals surface area contributed by atoms with Crippen LogP contribution in [-0.4, -0.2) is 55.7 Å². The standard InChI is InChI=1S/C14H22N2O2/c1-15(2)8-13-6-11-7-16(10-14(11)18-13)9-12-4-3-5-17-12/h3-5,11,13-14H,6-10H2,1-2H3/t11-,13-,14+/m0/s1. The van der Waals surface area contributed by atoms with Crippen LogP contribution in [0.3, 0.4) is 0 Å². The van der Waals surface area contributed by atoms with E-state index in [0.29, 0.717) is 18.1 Å². The van der Waals surface area contributed by atoms with Gasteiger partial charge in [-0.1, -0.05) is 0 Å². The number of furan rings is 1. The maximum atomic E-state index is 6.13. The van der Waals surface area contributed by atoms with Crippen molar-refractivity contribution < 1.29 is 9.15 Å². The first-order chi connectivity index (χ1) is 8.70. The van der Waals surface area contributed by atoms with Crippen molar-refractivity contribution in [1.82, 2.24) is 9.80 Å². The van der Waals surface area contributed by atoms with Crippen LogP contribution in [-0.2, 0) is 11.3 Å². The summed E-state index contributed by atoms with van der Waals surface area (Å²) in [5.74, 6) is 1.77. The van der Waals surface area contributed by atoms with E-state index >= 15 is 0 Å². The Labute approximate surface area is 108 Å². The van der Waals surface area contributed by atoms with E-state index < -0.39 is 0 Å². The van der Waals surface area contributed by atoms with Crippen LogP contribution in [0.4, 0.5) is 0 Å². The third-order valence-electron chi connectivity index (χ3n) is 3.92. The van der Waals surface area contributed by atoms with Gasteiger partial charge in [-0.05, 0) is 32.6 Å². The molecule has 4 nitrogen and oxygen atoms in total. The van der Waals surface area contributed by atoms with Gasteiger partial charge in [-0.2, -0.15) is 0 Å². The minimum atomic E-state index is 0.431. The number of likely N-dealkylation sites (tertiary alicyclic amines) is 1. The molecule has 0 saturated carbocycles. The van der Waals surface area contributed by atoms with E-state index in [1.54, 1.807) is 6.26 Å². The van der Waals surface area contributed by atoms with Gasteiger partial charge in [-0.3, -0.25) is 4.90 Å². The Hall–Kier alpha value is -0.840. The zero-order valence-corrected chi connectivity index (χ0v) is 11.2. The van der Waals surface area contributed by atoms with E-state index in [1.165, 1.54) is 6.42 Å². The summed E-state index contributed by atoms with van der Waals surface area (Å²) in [6.07, 6.45) is 3.82. The maximum Gasteiger partial charge on any atom is 0.117 e. The molecule has 0 bridgehead atoms. The van der Waals surface area contributed by atoms with Gasteiger partial charge in [0.15, 0.2) is 0 Å². The lowest BCUT2D eigenvalue weighted by atomic mass is 10.0. The fourth-order valence-electron chi connectivity index (χ4n) is 3.23. The molecule has 2 aliphatic heterocycles. The molecule has 1 aromatic heterocycles. The van der Waals surface area contributed by atoms with Crippen LogP contribution >= 0.6 is 0 Å². The predicted molar refractivity (Wildman–Crippen MR) is 69.3 cm³/mol. The van der Waals surface area contributed by atoms with Crippen molar-refractivity contribution in [3.63, 3.8) is 0 Å². The zero-order chi connectivity index (χ0) is 12.5. The molecule has 0 amide bonds. The van der Waals surface area contributed by atoms with Crippen molar-refractivity contribution >= 4 is 0 Å². The SMILES string of the molecule is CN(C)C[C@@H]1C[C@H]2CN(Cc3ccco3)C[C@H]2O1. The van der Waals surface area contributed by atoms with Crippen LogP contribution in [0.25, 0.3) is 0 Å². The minimum Gasteiger partial charge on any atom is -0.468 e. The number of likely N-dealkylation sites (N-methyl/N-ethyl adjacent to an activating group) is 1. The highest BCUT2D eigenvalue weighted by Crippen LogP contribution is 2.33. The van der Waals surface area contributed by atoms with Gasteiger partial charge in [0.1, 0.15) is 5.76 Å². The summed E-state index contributed by atoms with van der Waals surface area (Å²) < 4.78 is 11.5. The second kappa shape index (κ2) is 5.03. The molecule has 2 aliphatic rings. The molecule has 0 aromatic carbocycles. The molecule has 0 aliphatic carbocycles. The molecule has 1 aromatic rings. The number of rotatable bonds is 4. The van der Waals surface area contributed by atoms with E-state index in [9.17, 15) is 0 Å². The van der Waals surface area contributed by atoms with Crippen LogP contribution in [0.1, 0.15) is 12.2 Å². The molecule has 2 fully saturated rings. The molecule has 0 N–H and O–H groups in total. The number of ether oxygens (including phenoxy) is 1. The summed E-state index contributed by atoms with van der Waals surface area (Å²) in [6.45, 7) is 4.16. The molecular formula is C14H22N2O2. The smallest absolute Gasteiger partial charge is 0.117 e. The van der Waals surface area contributed by atoms with Gasteiger partial charge in [-0.15, -0.1) is 0 Å². The van der Waals surface area contributed by atoms with Crippen molar-refractivity contribution in [2.75, 3.05) is 33.7 Å². The Morgan fingerprint density at radius 1 is 1.39 bits per heavy atom. The van der Waals surface area contributed by atoms with Gasteiger partial charge in [0, 0.05) is 25.6 Å². The molecule has 0 radical (unpaired) electrons. The van der Waals surface area contributed by atoms with Gasteiger partial charge in [-0.25, -0.2) is 0 Å². The minimum absolute atomic E-state index is 0.431. The van der Waals surface area contributed by atoms with Gasteiger partial charge in [0.05, 0.1) is 25.0 Å². The fourth-order valence-corrected chi connectivity index (χ4v) is 3.23. The van der Waals surface area contributed by atoms with Crippen molar-refractivity contribution in [2.45, 2.75) is 25.2 Å². The predicted octanol–water partition coefficient (Wildman–Crippen LogP) is 1.43. The van der Waals surface area contributed by atoms with Gasteiger partial charge in [0.2, 0.25) is 0 Å². The van der Waals surface area contributed by atoms with E-state index in [0.717, 1.165) is 31.9 Å². The van der Waals surface area contributed by atoms with Gasteiger partial charge >= 0.3 is 0 Å². The van der Waals surface area contributed by atoms with Gasteiger partial charge < -0.3 is 14.1 Å². The first-order valence-corrected chi connectivity index (χ1v) is 6.75. The molecule has 4 heteroatoms. The zero-order valence-electron chi connectivity index (χ0n) is 11.2. The Morgan fingerprint density at radius 2 is 2.28 bits per heavy atom. The van der Waals surface area contributed by atoms with Gasteiger partial charge in [0.25, 0.3) is 0 Å². The van der Waals surface area contributed by atoms with E-state index in [-0.39, 0.29) is 0 Å². The maximum absolute atomic E-state index is 6.13. The van der Waals surface area contributed by atoms with Crippen LogP contribution < -0.4 is 0 Å². The molecule has 3 heterocycles. The fraction of sp³-hybridized carbons (Fsp3) is 0.714. The molecular weight excluding hydrogens is 228 g/mol. The molecule has 0 unspecified atom stereocenters. The van der Waals surface area contributed by atoms with Crippen LogP contribution in [0.2, 0.25) is 0 Å². The molecule has 0 spiro atoms. The first kappa shape index (κ1) is 12.2. The summed E-state index contributed by atoms with van der Waals surface area (Å²) in [5, 5.41) is 0. The van der Waals surface area contributed by atoms with Crippen molar-refractivity contribution in [1.29, 1.82) is 0 Å². The largest absolute Gasteiger partial charge is 0.468 e. The Kier molecular flexibility index (Phi) is 3.41. The van der Waals surface area contributed by atoms with Crippen molar-refractivity contribution in [2.24, 2.45) is 5.92 Å². The molecule has 2 saturated heterocycles. The molecule has 3 atom stereocenters. The van der Waals surface area contributed by atoms with Crippen LogP contribution in [0.15, 0.2) is 22.8 Å². The highest BCUT2D eigenvalue weighted by atomic mass is 16.5. The van der Waals surface area contributed by atoms with Crippen LogP contribution in [0, 0.1) is 5.92 Å². The van der Waals surface area contributed by atoms with E-state index in [2.05, 4.69) is 23.9 Å². The first-order valence-electron chi connectivity index (χ1n) is 6.75. The topological polar surface area (TPSA) is 28.9 Å². The second-order valence-electron chi connectivity index (χ2n) is 5.83. The van der Waals surface area contributed by atoms with Crippen molar-refractivity contribution in [3.05, 3.63) is 24.2 Å². The summed E-state index contributed by atoms with van der Waals surface area (Å²) in [5.41, 5.74) is 0. The normalized spacial score (nSPS) is 32.3. The lowest BCUT2D eigenvalue weighted by molar-refractivity contribution is 0.0245. The second-order valence-corrected chi connectivity index (χ2v) is 5.83. The van der Waals surface area contributed by atoms with E-state index in [1.807, 2.05) is 12.1 Å². The quantitative estimate of drug-likeness (QED) is 0.808. The number of nitrogens with zero attached hydrogens (tertiary/aromatic N) is 2. The third kappa shape index (κ3) is 2.60. The summed E-state index contributed by atoms with van der Waals surface area (Å²) in [7, 11) is 4.22. The van der Waals surface area contributed by atoms with E-state index in [4.69, 9.17) is 9.15 Å². The number of fused-ring (bicyclic) bond motifs is 1. The lowest BCUT2D eigenvalue weighted by Gasteiger charge is -2.20. The Balaban J connectivity index is 1.50. The summed E-state index contributed by atoms with van der Waals surface area (Å²) in [6, 6.07) is 4.00. The molecule has 3 rings (SSSR count).